The molecule has 3 atom stereocenters. The van der Waals surface area contributed by atoms with E-state index in [1.54, 1.807) is 17.1 Å². The number of aliphatic hydroxyl groups excluding tert-OH is 1. The van der Waals surface area contributed by atoms with E-state index in [1.165, 1.54) is 18.2 Å². The van der Waals surface area contributed by atoms with Crippen molar-refractivity contribution in [3.63, 3.8) is 0 Å². The third-order valence-electron chi connectivity index (χ3n) is 4.59. The van der Waals surface area contributed by atoms with Gasteiger partial charge < -0.3 is 24.8 Å². The Balaban J connectivity index is 1.59. The second-order valence-corrected chi connectivity index (χ2v) is 6.49. The summed E-state index contributed by atoms with van der Waals surface area (Å²) < 4.78 is 24.3. The van der Waals surface area contributed by atoms with Crippen LogP contribution in [0.25, 0.3) is 0 Å². The molecule has 1 saturated heterocycles. The molecule has 0 spiro atoms. The number of aliphatic hydroxyl groups is 1. The van der Waals surface area contributed by atoms with E-state index in [0.29, 0.717) is 26.3 Å². The summed E-state index contributed by atoms with van der Waals surface area (Å²) in [6.07, 6.45) is 2.42. The van der Waals surface area contributed by atoms with E-state index in [-0.39, 0.29) is 24.5 Å². The fraction of sp³-hybridized carbons (Fsp3) is 0.474. The highest BCUT2D eigenvalue weighted by atomic mass is 19.1. The topological polar surface area (TPSA) is 88.1 Å². The van der Waals surface area contributed by atoms with Gasteiger partial charge in [-0.05, 0) is 18.2 Å². The minimum Gasteiger partial charge on any atom is -0.394 e. The molecule has 1 aromatic carbocycles. The number of benzene rings is 1. The highest BCUT2D eigenvalue weighted by molar-refractivity contribution is 5.94. The van der Waals surface area contributed by atoms with Crippen LogP contribution in [0.5, 0.6) is 0 Å². The minimum atomic E-state index is -0.685. The standard InChI is InChI=1S/C19H23FN2O5/c20-14-3-1-2-13(10-14)19(25)21-16-5-4-15(27-17(16)12-23)11-18(24)22-6-8-26-9-7-22/h1-5,10,15-17,23H,6-9,11-12H2,(H,21,25)/t15-,16-,17+/m1/s1. The van der Waals surface area contributed by atoms with Crippen molar-refractivity contribution in [3.8, 4) is 0 Å². The molecular formula is C19H23FN2O5. The van der Waals surface area contributed by atoms with E-state index in [2.05, 4.69) is 5.32 Å². The van der Waals surface area contributed by atoms with Crippen molar-refractivity contribution in [1.82, 2.24) is 10.2 Å². The van der Waals surface area contributed by atoms with E-state index in [0.717, 1.165) is 6.07 Å². The lowest BCUT2D eigenvalue weighted by atomic mass is 10.0. The zero-order valence-corrected chi connectivity index (χ0v) is 14.8. The van der Waals surface area contributed by atoms with Crippen LogP contribution in [0.2, 0.25) is 0 Å². The summed E-state index contributed by atoms with van der Waals surface area (Å²) in [5.74, 6) is -1.00. The van der Waals surface area contributed by atoms with E-state index in [4.69, 9.17) is 9.47 Å². The molecule has 2 N–H and O–H groups in total. The van der Waals surface area contributed by atoms with Crippen LogP contribution in [0, 0.1) is 5.82 Å². The lowest BCUT2D eigenvalue weighted by molar-refractivity contribution is -0.139. The van der Waals surface area contributed by atoms with Crippen molar-refractivity contribution in [2.75, 3.05) is 32.9 Å². The quantitative estimate of drug-likeness (QED) is 0.728. The average molecular weight is 378 g/mol. The summed E-state index contributed by atoms with van der Waals surface area (Å²) in [5.41, 5.74) is 0.185. The number of halogens is 1. The summed E-state index contributed by atoms with van der Waals surface area (Å²) in [5, 5.41) is 12.3. The van der Waals surface area contributed by atoms with Crippen molar-refractivity contribution in [1.29, 1.82) is 0 Å². The molecule has 146 valence electrons. The molecule has 3 rings (SSSR count). The van der Waals surface area contributed by atoms with Gasteiger partial charge >= 0.3 is 0 Å². The highest BCUT2D eigenvalue weighted by Gasteiger charge is 2.30. The highest BCUT2D eigenvalue weighted by Crippen LogP contribution is 2.17. The van der Waals surface area contributed by atoms with E-state index in [1.807, 2.05) is 0 Å². The van der Waals surface area contributed by atoms with Crippen LogP contribution in [0.4, 0.5) is 4.39 Å². The first-order chi connectivity index (χ1) is 13.1. The van der Waals surface area contributed by atoms with Gasteiger partial charge in [0.05, 0.1) is 38.4 Å². The first-order valence-corrected chi connectivity index (χ1v) is 8.93. The fourth-order valence-electron chi connectivity index (χ4n) is 3.11. The zero-order valence-electron chi connectivity index (χ0n) is 14.8. The molecule has 2 amide bonds. The summed E-state index contributed by atoms with van der Waals surface area (Å²) in [6.45, 7) is 1.86. The molecule has 2 aliphatic heterocycles. The Morgan fingerprint density at radius 2 is 2.04 bits per heavy atom. The Kier molecular flexibility index (Phi) is 6.54. The number of nitrogens with zero attached hydrogens (tertiary/aromatic N) is 1. The number of nitrogens with one attached hydrogen (secondary N) is 1. The summed E-state index contributed by atoms with van der Waals surface area (Å²) in [4.78, 5) is 26.3. The van der Waals surface area contributed by atoms with Gasteiger partial charge in [-0.25, -0.2) is 4.39 Å². The second-order valence-electron chi connectivity index (χ2n) is 6.49. The van der Waals surface area contributed by atoms with E-state index >= 15 is 0 Å². The normalized spacial score (nSPS) is 25.3. The summed E-state index contributed by atoms with van der Waals surface area (Å²) >= 11 is 0. The average Bonchev–Trinajstić information content (AvgIpc) is 2.69. The number of hydrogen-bond donors (Lipinski definition) is 2. The first kappa shape index (κ1) is 19.5. The number of carbonyl (C=O) groups excluding carboxylic acids is 2. The summed E-state index contributed by atoms with van der Waals surface area (Å²) in [6, 6.07) is 4.78. The van der Waals surface area contributed by atoms with Crippen LogP contribution < -0.4 is 5.32 Å². The van der Waals surface area contributed by atoms with Crippen LogP contribution in [0.15, 0.2) is 36.4 Å². The third-order valence-corrected chi connectivity index (χ3v) is 4.59. The molecule has 0 bridgehead atoms. The number of morpholine rings is 1. The SMILES string of the molecule is O=C(N[C@@H]1C=C[C@H](CC(=O)N2CCOCC2)O[C@H]1CO)c1cccc(F)c1. The first-order valence-electron chi connectivity index (χ1n) is 8.93. The lowest BCUT2D eigenvalue weighted by Gasteiger charge is -2.33. The molecule has 0 radical (unpaired) electrons. The van der Waals surface area contributed by atoms with Crippen LogP contribution in [-0.2, 0) is 14.3 Å². The largest absolute Gasteiger partial charge is 0.394 e. The molecule has 2 aliphatic rings. The Morgan fingerprint density at radius 1 is 1.26 bits per heavy atom. The van der Waals surface area contributed by atoms with Crippen molar-refractivity contribution < 1.29 is 28.6 Å². The number of ether oxygens (including phenoxy) is 2. The fourth-order valence-corrected chi connectivity index (χ4v) is 3.11. The Hall–Kier alpha value is -2.29. The molecule has 0 saturated carbocycles. The van der Waals surface area contributed by atoms with Crippen LogP contribution in [-0.4, -0.2) is 73.0 Å². The van der Waals surface area contributed by atoms with Crippen molar-refractivity contribution in [2.45, 2.75) is 24.7 Å². The minimum absolute atomic E-state index is 0.0353. The zero-order chi connectivity index (χ0) is 19.2. The Labute approximate surface area is 156 Å². The molecule has 0 unspecified atom stereocenters. The molecule has 2 heterocycles. The van der Waals surface area contributed by atoms with Crippen molar-refractivity contribution in [2.24, 2.45) is 0 Å². The second kappa shape index (κ2) is 9.07. The van der Waals surface area contributed by atoms with Crippen molar-refractivity contribution in [3.05, 3.63) is 47.8 Å². The molecule has 1 fully saturated rings. The van der Waals surface area contributed by atoms with Gasteiger partial charge in [-0.2, -0.15) is 0 Å². The molecule has 0 aliphatic carbocycles. The Bertz CT molecular complexity index is 705. The molecule has 7 nitrogen and oxygen atoms in total. The summed E-state index contributed by atoms with van der Waals surface area (Å²) in [7, 11) is 0. The van der Waals surface area contributed by atoms with E-state index in [9.17, 15) is 19.1 Å². The lowest BCUT2D eigenvalue weighted by Crippen LogP contribution is -2.49. The van der Waals surface area contributed by atoms with Gasteiger partial charge in [0, 0.05) is 18.7 Å². The predicted octanol–water partition coefficient (Wildman–Crippen LogP) is 0.489. The maximum Gasteiger partial charge on any atom is 0.251 e. The number of carbonyl (C=O) groups is 2. The van der Waals surface area contributed by atoms with Gasteiger partial charge in [0.2, 0.25) is 5.91 Å². The maximum absolute atomic E-state index is 13.3. The molecule has 27 heavy (non-hydrogen) atoms. The van der Waals surface area contributed by atoms with Crippen LogP contribution >= 0.6 is 0 Å². The predicted molar refractivity (Wildman–Crippen MR) is 94.6 cm³/mol. The van der Waals surface area contributed by atoms with Crippen molar-refractivity contribution >= 4 is 11.8 Å². The van der Waals surface area contributed by atoms with Gasteiger partial charge in [-0.15, -0.1) is 0 Å². The molecule has 1 aromatic rings. The van der Waals surface area contributed by atoms with Gasteiger partial charge in [-0.3, -0.25) is 9.59 Å². The number of hydrogen-bond acceptors (Lipinski definition) is 5. The van der Waals surface area contributed by atoms with Crippen LogP contribution in [0.3, 0.4) is 0 Å². The third kappa shape index (κ3) is 5.12. The molecular weight excluding hydrogens is 355 g/mol. The van der Waals surface area contributed by atoms with Gasteiger partial charge in [0.25, 0.3) is 5.91 Å². The monoisotopic (exact) mass is 378 g/mol. The molecule has 8 heteroatoms. The number of amides is 2. The Morgan fingerprint density at radius 3 is 2.74 bits per heavy atom. The van der Waals surface area contributed by atoms with Gasteiger partial charge in [0.1, 0.15) is 11.9 Å². The smallest absolute Gasteiger partial charge is 0.251 e. The van der Waals surface area contributed by atoms with Gasteiger partial charge in [-0.1, -0.05) is 18.2 Å². The van der Waals surface area contributed by atoms with Gasteiger partial charge in [0.15, 0.2) is 0 Å². The maximum atomic E-state index is 13.3. The van der Waals surface area contributed by atoms with E-state index < -0.39 is 30.0 Å². The molecule has 0 aromatic heterocycles. The number of rotatable bonds is 5. The van der Waals surface area contributed by atoms with Crippen LogP contribution in [0.1, 0.15) is 16.8 Å².